The van der Waals surface area contributed by atoms with Crippen LogP contribution in [-0.2, 0) is 17.0 Å². The van der Waals surface area contributed by atoms with E-state index in [9.17, 15) is 4.79 Å². The van der Waals surface area contributed by atoms with Gasteiger partial charge in [0.15, 0.2) is 5.16 Å². The Bertz CT molecular complexity index is 1310. The van der Waals surface area contributed by atoms with Gasteiger partial charge in [0.1, 0.15) is 5.82 Å². The van der Waals surface area contributed by atoms with Gasteiger partial charge in [-0.25, -0.2) is 9.97 Å². The molecular formula is C30H30N4O2S. The second-order valence-corrected chi connectivity index (χ2v) is 9.93. The van der Waals surface area contributed by atoms with E-state index in [1.165, 1.54) is 0 Å². The van der Waals surface area contributed by atoms with Crippen LogP contribution in [0.1, 0.15) is 21.5 Å². The molecule has 2 heterocycles. The fourth-order valence-corrected chi connectivity index (χ4v) is 5.04. The van der Waals surface area contributed by atoms with E-state index in [0.717, 1.165) is 52.2 Å². The maximum atomic E-state index is 12.9. The molecule has 0 saturated carbocycles. The lowest BCUT2D eigenvalue weighted by molar-refractivity contribution is 0.0785. The number of rotatable bonds is 8. The number of amides is 1. The molecule has 1 fully saturated rings. The van der Waals surface area contributed by atoms with Crippen LogP contribution in [0.15, 0.2) is 96.2 Å². The van der Waals surface area contributed by atoms with E-state index in [1.54, 1.807) is 16.7 Å². The molecule has 5 rings (SSSR count). The third-order valence-electron chi connectivity index (χ3n) is 6.27. The van der Waals surface area contributed by atoms with E-state index < -0.39 is 0 Å². The number of anilines is 1. The zero-order chi connectivity index (χ0) is 25.5. The number of hydrogen-bond donors (Lipinski definition) is 0. The first-order chi connectivity index (χ1) is 18.2. The first kappa shape index (κ1) is 25.0. The summed E-state index contributed by atoms with van der Waals surface area (Å²) >= 11 is 1.61. The number of carbonyl (C=O) groups is 1. The SMILES string of the molecule is CN(Cc1ccccc1)C(=O)c1ccc(CSc2nc(-c3ccccc3)cc(N3CCOCC3)n2)cc1. The van der Waals surface area contributed by atoms with Crippen molar-refractivity contribution in [1.82, 2.24) is 14.9 Å². The quantitative estimate of drug-likeness (QED) is 0.229. The molecule has 0 N–H and O–H groups in total. The summed E-state index contributed by atoms with van der Waals surface area (Å²) in [4.78, 5) is 26.6. The highest BCUT2D eigenvalue weighted by Crippen LogP contribution is 2.28. The lowest BCUT2D eigenvalue weighted by Crippen LogP contribution is -2.36. The van der Waals surface area contributed by atoms with Crippen molar-refractivity contribution in [2.75, 3.05) is 38.3 Å². The fourth-order valence-electron chi connectivity index (χ4n) is 4.23. The maximum absolute atomic E-state index is 12.9. The summed E-state index contributed by atoms with van der Waals surface area (Å²) in [6.45, 7) is 3.64. The number of nitrogens with zero attached hydrogens (tertiary/aromatic N) is 4. The molecule has 1 aliphatic rings. The number of morpholine rings is 1. The summed E-state index contributed by atoms with van der Waals surface area (Å²) in [5.74, 6) is 1.66. The number of hydrogen-bond acceptors (Lipinski definition) is 6. The van der Waals surface area contributed by atoms with Crippen LogP contribution in [0.5, 0.6) is 0 Å². The smallest absolute Gasteiger partial charge is 0.253 e. The maximum Gasteiger partial charge on any atom is 0.253 e. The molecule has 0 unspecified atom stereocenters. The van der Waals surface area contributed by atoms with Crippen LogP contribution in [0.25, 0.3) is 11.3 Å². The Kier molecular flexibility index (Phi) is 8.13. The summed E-state index contributed by atoms with van der Waals surface area (Å²) < 4.78 is 5.53. The normalized spacial score (nSPS) is 13.4. The molecule has 0 atom stereocenters. The Labute approximate surface area is 222 Å². The van der Waals surface area contributed by atoms with Gasteiger partial charge in [-0.1, -0.05) is 84.6 Å². The van der Waals surface area contributed by atoms with Crippen LogP contribution in [0.2, 0.25) is 0 Å². The monoisotopic (exact) mass is 510 g/mol. The molecule has 37 heavy (non-hydrogen) atoms. The first-order valence-corrected chi connectivity index (χ1v) is 13.4. The van der Waals surface area contributed by atoms with Gasteiger partial charge in [-0.15, -0.1) is 0 Å². The molecular weight excluding hydrogens is 480 g/mol. The van der Waals surface area contributed by atoms with Gasteiger partial charge >= 0.3 is 0 Å². The predicted octanol–water partition coefficient (Wildman–Crippen LogP) is 5.54. The largest absolute Gasteiger partial charge is 0.378 e. The molecule has 1 amide bonds. The van der Waals surface area contributed by atoms with Crippen molar-refractivity contribution in [3.05, 3.63) is 108 Å². The highest BCUT2D eigenvalue weighted by Gasteiger charge is 2.16. The summed E-state index contributed by atoms with van der Waals surface area (Å²) in [7, 11) is 1.84. The van der Waals surface area contributed by atoms with Crippen LogP contribution in [0.3, 0.4) is 0 Å². The Morgan fingerprint density at radius 3 is 2.27 bits per heavy atom. The van der Waals surface area contributed by atoms with Gasteiger partial charge in [0.25, 0.3) is 5.91 Å². The molecule has 6 nitrogen and oxygen atoms in total. The predicted molar refractivity (Wildman–Crippen MR) is 149 cm³/mol. The lowest BCUT2D eigenvalue weighted by atomic mass is 10.1. The Hall–Kier alpha value is -3.68. The average molecular weight is 511 g/mol. The molecule has 4 aromatic rings. The van der Waals surface area contributed by atoms with Crippen molar-refractivity contribution in [3.8, 4) is 11.3 Å². The summed E-state index contributed by atoms with van der Waals surface area (Å²) in [6, 6.07) is 30.1. The van der Waals surface area contributed by atoms with Crippen molar-refractivity contribution in [2.24, 2.45) is 0 Å². The third-order valence-corrected chi connectivity index (χ3v) is 7.19. The minimum Gasteiger partial charge on any atom is -0.378 e. The molecule has 0 aliphatic carbocycles. The fraction of sp³-hybridized carbons (Fsp3) is 0.233. The summed E-state index contributed by atoms with van der Waals surface area (Å²) in [5.41, 5.74) is 4.91. The molecule has 1 aliphatic heterocycles. The van der Waals surface area contributed by atoms with Crippen molar-refractivity contribution in [2.45, 2.75) is 17.5 Å². The molecule has 0 bridgehead atoms. The number of aromatic nitrogens is 2. The van der Waals surface area contributed by atoms with Crippen molar-refractivity contribution < 1.29 is 9.53 Å². The second kappa shape index (κ2) is 12.0. The van der Waals surface area contributed by atoms with Crippen molar-refractivity contribution >= 4 is 23.5 Å². The first-order valence-electron chi connectivity index (χ1n) is 12.4. The molecule has 0 radical (unpaired) electrons. The van der Waals surface area contributed by atoms with E-state index in [1.807, 2.05) is 79.8 Å². The van der Waals surface area contributed by atoms with Gasteiger partial charge in [-0.05, 0) is 23.3 Å². The molecule has 1 saturated heterocycles. The van der Waals surface area contributed by atoms with Crippen molar-refractivity contribution in [3.63, 3.8) is 0 Å². The summed E-state index contributed by atoms with van der Waals surface area (Å²) in [5, 5.41) is 0.741. The minimum absolute atomic E-state index is 0.0112. The number of ether oxygens (including phenoxy) is 1. The van der Waals surface area contributed by atoms with E-state index in [2.05, 4.69) is 23.1 Å². The average Bonchev–Trinajstić information content (AvgIpc) is 2.97. The van der Waals surface area contributed by atoms with Crippen LogP contribution in [0, 0.1) is 0 Å². The van der Waals surface area contributed by atoms with Gasteiger partial charge in [-0.2, -0.15) is 0 Å². The standard InChI is InChI=1S/C30H30N4O2S/c1-33(21-23-8-4-2-5-9-23)29(35)26-14-12-24(13-15-26)22-37-30-31-27(25-10-6-3-7-11-25)20-28(32-30)34-16-18-36-19-17-34/h2-15,20H,16-19,21-22H2,1H3. The number of benzene rings is 3. The van der Waals surface area contributed by atoms with Crippen LogP contribution >= 0.6 is 11.8 Å². The van der Waals surface area contributed by atoms with E-state index in [0.29, 0.717) is 25.3 Å². The van der Waals surface area contributed by atoms with Gasteiger partial charge in [-0.3, -0.25) is 4.79 Å². The molecule has 0 spiro atoms. The lowest BCUT2D eigenvalue weighted by Gasteiger charge is -2.28. The van der Waals surface area contributed by atoms with Crippen LogP contribution in [0.4, 0.5) is 5.82 Å². The Morgan fingerprint density at radius 2 is 1.57 bits per heavy atom. The Morgan fingerprint density at radius 1 is 0.892 bits per heavy atom. The van der Waals surface area contributed by atoms with Crippen LogP contribution < -0.4 is 4.90 Å². The third kappa shape index (κ3) is 6.56. The molecule has 188 valence electrons. The van der Waals surface area contributed by atoms with E-state index >= 15 is 0 Å². The molecule has 1 aromatic heterocycles. The van der Waals surface area contributed by atoms with Gasteiger partial charge < -0.3 is 14.5 Å². The second-order valence-electron chi connectivity index (χ2n) is 8.99. The topological polar surface area (TPSA) is 58.6 Å². The molecule has 7 heteroatoms. The van der Waals surface area contributed by atoms with Gasteiger partial charge in [0.2, 0.25) is 0 Å². The summed E-state index contributed by atoms with van der Waals surface area (Å²) in [6.07, 6.45) is 0. The highest BCUT2D eigenvalue weighted by molar-refractivity contribution is 7.98. The minimum atomic E-state index is 0.0112. The highest BCUT2D eigenvalue weighted by atomic mass is 32.2. The molecule has 3 aromatic carbocycles. The Balaban J connectivity index is 1.27. The van der Waals surface area contributed by atoms with Gasteiger partial charge in [0.05, 0.1) is 18.9 Å². The van der Waals surface area contributed by atoms with E-state index in [-0.39, 0.29) is 5.91 Å². The van der Waals surface area contributed by atoms with E-state index in [4.69, 9.17) is 14.7 Å². The van der Waals surface area contributed by atoms with Crippen molar-refractivity contribution in [1.29, 1.82) is 0 Å². The van der Waals surface area contributed by atoms with Crippen LogP contribution in [-0.4, -0.2) is 54.1 Å². The van der Waals surface area contributed by atoms with Gasteiger partial charge in [0, 0.05) is 49.6 Å². The zero-order valence-electron chi connectivity index (χ0n) is 20.9. The number of thioether (sulfide) groups is 1. The zero-order valence-corrected chi connectivity index (χ0v) is 21.7. The number of carbonyl (C=O) groups excluding carboxylic acids is 1.